The first-order valence-corrected chi connectivity index (χ1v) is 5.99. The molecule has 0 aliphatic carbocycles. The molecule has 0 aliphatic heterocycles. The summed E-state index contributed by atoms with van der Waals surface area (Å²) in [7, 11) is 0. The topological polar surface area (TPSA) is 26.3 Å². The maximum absolute atomic E-state index is 12.6. The Morgan fingerprint density at radius 1 is 1.16 bits per heavy atom. The van der Waals surface area contributed by atoms with Crippen molar-refractivity contribution in [3.8, 4) is 0 Å². The van der Waals surface area contributed by atoms with E-state index in [1.165, 1.54) is 0 Å². The number of esters is 1. The third kappa shape index (κ3) is 3.50. The van der Waals surface area contributed by atoms with E-state index in [0.717, 1.165) is 16.3 Å². The molecule has 0 N–H and O–H groups in total. The van der Waals surface area contributed by atoms with Crippen LogP contribution >= 0.6 is 0 Å². The van der Waals surface area contributed by atoms with Crippen molar-refractivity contribution in [2.75, 3.05) is 6.61 Å². The quantitative estimate of drug-likeness (QED) is 0.789. The zero-order valence-electron chi connectivity index (χ0n) is 10.5. The monoisotopic (exact) mass is 264 g/mol. The van der Waals surface area contributed by atoms with Crippen LogP contribution in [0.1, 0.15) is 12.5 Å². The van der Waals surface area contributed by atoms with E-state index in [0.29, 0.717) is 13.3 Å². The summed E-state index contributed by atoms with van der Waals surface area (Å²) in [4.78, 5) is 10.9. The van der Waals surface area contributed by atoms with Crippen molar-refractivity contribution < 1.29 is 18.3 Å². The molecule has 0 amide bonds. The Morgan fingerprint density at radius 3 is 2.53 bits per heavy atom. The smallest absolute Gasteiger partial charge is 0.376 e. The van der Waals surface area contributed by atoms with E-state index in [1.54, 1.807) is 0 Å². The summed E-state index contributed by atoms with van der Waals surface area (Å²) in [6.45, 7) is 0.492. The summed E-state index contributed by atoms with van der Waals surface area (Å²) in [5, 5.41) is 2.19. The Hall–Kier alpha value is -1.97. The summed E-state index contributed by atoms with van der Waals surface area (Å²) in [6, 6.07) is 13.7. The zero-order chi connectivity index (χ0) is 13.9. The highest BCUT2D eigenvalue weighted by molar-refractivity contribution is 5.83. The van der Waals surface area contributed by atoms with Crippen molar-refractivity contribution in [2.45, 2.75) is 19.3 Å². The number of hydrogen-bond donors (Lipinski definition) is 0. The second kappa shape index (κ2) is 5.34. The predicted octanol–water partition coefficient (Wildman–Crippen LogP) is 3.58. The molecule has 0 atom stereocenters. The Bertz CT molecular complexity index is 588. The molecule has 2 aromatic carbocycles. The first-order chi connectivity index (χ1) is 8.97. The van der Waals surface area contributed by atoms with Gasteiger partial charge in [0.1, 0.15) is 0 Å². The molecular formula is C15H14F2O2. The average Bonchev–Trinajstić information content (AvgIpc) is 2.37. The number of rotatable bonds is 4. The number of hydrogen-bond acceptors (Lipinski definition) is 2. The first kappa shape index (κ1) is 13.5. The molecule has 0 spiro atoms. The van der Waals surface area contributed by atoms with Gasteiger partial charge in [-0.15, -0.1) is 0 Å². The fraction of sp³-hybridized carbons (Fsp3) is 0.267. The Kier molecular flexibility index (Phi) is 3.79. The van der Waals surface area contributed by atoms with Crippen LogP contribution in [0.4, 0.5) is 8.78 Å². The van der Waals surface area contributed by atoms with E-state index in [-0.39, 0.29) is 6.61 Å². The lowest BCUT2D eigenvalue weighted by molar-refractivity contribution is -0.169. The second-order valence-electron chi connectivity index (χ2n) is 4.46. The highest BCUT2D eigenvalue weighted by atomic mass is 19.3. The first-order valence-electron chi connectivity index (χ1n) is 5.99. The molecular weight excluding hydrogens is 250 g/mol. The Morgan fingerprint density at radius 2 is 1.84 bits per heavy atom. The van der Waals surface area contributed by atoms with Gasteiger partial charge in [-0.2, -0.15) is 8.78 Å². The molecule has 0 saturated carbocycles. The molecule has 0 bridgehead atoms. The van der Waals surface area contributed by atoms with Crippen molar-refractivity contribution in [1.82, 2.24) is 0 Å². The van der Waals surface area contributed by atoms with Crippen LogP contribution < -0.4 is 0 Å². The molecule has 0 aromatic heterocycles. The van der Waals surface area contributed by atoms with Gasteiger partial charge in [0.05, 0.1) is 6.61 Å². The van der Waals surface area contributed by atoms with Crippen LogP contribution in [0.15, 0.2) is 42.5 Å². The minimum absolute atomic E-state index is 0.0411. The highest BCUT2D eigenvalue weighted by Gasteiger charge is 2.33. The van der Waals surface area contributed by atoms with Crippen LogP contribution in [-0.2, 0) is 16.0 Å². The van der Waals surface area contributed by atoms with Crippen molar-refractivity contribution in [1.29, 1.82) is 0 Å². The standard InChI is InChI=1S/C15H14F2O2/c1-15(16,17)14(18)19-9-8-11-6-7-12-4-2-3-5-13(12)10-11/h2-7,10H,8-9H2,1H3. The summed E-state index contributed by atoms with van der Waals surface area (Å²) in [5.41, 5.74) is 0.950. The van der Waals surface area contributed by atoms with Gasteiger partial charge in [-0.25, -0.2) is 4.79 Å². The molecule has 19 heavy (non-hydrogen) atoms. The molecule has 0 fully saturated rings. The predicted molar refractivity (Wildman–Crippen MR) is 69.2 cm³/mol. The highest BCUT2D eigenvalue weighted by Crippen LogP contribution is 2.17. The van der Waals surface area contributed by atoms with Crippen molar-refractivity contribution in [3.05, 3.63) is 48.0 Å². The van der Waals surface area contributed by atoms with Gasteiger partial charge in [-0.1, -0.05) is 42.5 Å². The zero-order valence-corrected chi connectivity index (χ0v) is 10.5. The van der Waals surface area contributed by atoms with Crippen LogP contribution in [0.3, 0.4) is 0 Å². The summed E-state index contributed by atoms with van der Waals surface area (Å²) in [5.74, 6) is -4.91. The van der Waals surface area contributed by atoms with Gasteiger partial charge in [0.2, 0.25) is 0 Å². The molecule has 0 saturated heterocycles. The summed E-state index contributed by atoms with van der Waals surface area (Å²) >= 11 is 0. The Labute approximate surface area is 110 Å². The SMILES string of the molecule is CC(F)(F)C(=O)OCCc1ccc2ccccc2c1. The number of carbonyl (C=O) groups is 1. The normalized spacial score (nSPS) is 11.5. The molecule has 2 aromatic rings. The number of alkyl halides is 2. The minimum Gasteiger partial charge on any atom is -0.461 e. The van der Waals surface area contributed by atoms with Crippen molar-refractivity contribution >= 4 is 16.7 Å². The largest absolute Gasteiger partial charge is 0.461 e. The van der Waals surface area contributed by atoms with Crippen molar-refractivity contribution in [3.63, 3.8) is 0 Å². The van der Waals surface area contributed by atoms with Gasteiger partial charge in [0.15, 0.2) is 0 Å². The Balaban J connectivity index is 1.97. The lowest BCUT2D eigenvalue weighted by Gasteiger charge is -2.10. The number of ether oxygens (including phenoxy) is 1. The minimum atomic E-state index is -3.43. The van der Waals surface area contributed by atoms with E-state index in [1.807, 2.05) is 42.5 Å². The maximum atomic E-state index is 12.6. The molecule has 100 valence electrons. The fourth-order valence-electron chi connectivity index (χ4n) is 1.78. The lowest BCUT2D eigenvalue weighted by Crippen LogP contribution is -2.27. The fourth-order valence-corrected chi connectivity index (χ4v) is 1.78. The number of carbonyl (C=O) groups excluding carboxylic acids is 1. The summed E-state index contributed by atoms with van der Waals surface area (Å²) in [6.07, 6.45) is 0.423. The van der Waals surface area contributed by atoms with Gasteiger partial charge >= 0.3 is 11.9 Å². The van der Waals surface area contributed by atoms with E-state index in [4.69, 9.17) is 0 Å². The lowest BCUT2D eigenvalue weighted by atomic mass is 10.1. The molecule has 0 heterocycles. The van der Waals surface area contributed by atoms with Gasteiger partial charge < -0.3 is 4.74 Å². The van der Waals surface area contributed by atoms with E-state index < -0.39 is 11.9 Å². The van der Waals surface area contributed by atoms with Crippen LogP contribution in [0.25, 0.3) is 10.8 Å². The number of halogens is 2. The molecule has 0 unspecified atom stereocenters. The maximum Gasteiger partial charge on any atom is 0.376 e. The van der Waals surface area contributed by atoms with E-state index in [9.17, 15) is 13.6 Å². The summed E-state index contributed by atoms with van der Waals surface area (Å²) < 4.78 is 29.7. The van der Waals surface area contributed by atoms with Crippen LogP contribution in [0, 0.1) is 0 Å². The third-order valence-electron chi connectivity index (χ3n) is 2.80. The van der Waals surface area contributed by atoms with Gasteiger partial charge in [-0.05, 0) is 16.3 Å². The van der Waals surface area contributed by atoms with Gasteiger partial charge in [0, 0.05) is 13.3 Å². The van der Waals surface area contributed by atoms with Crippen LogP contribution in [-0.4, -0.2) is 18.5 Å². The van der Waals surface area contributed by atoms with Gasteiger partial charge in [-0.3, -0.25) is 0 Å². The van der Waals surface area contributed by atoms with Gasteiger partial charge in [0.25, 0.3) is 0 Å². The van der Waals surface area contributed by atoms with Crippen LogP contribution in [0.5, 0.6) is 0 Å². The third-order valence-corrected chi connectivity index (χ3v) is 2.80. The number of benzene rings is 2. The second-order valence-corrected chi connectivity index (χ2v) is 4.46. The molecule has 0 aliphatic rings. The van der Waals surface area contributed by atoms with E-state index in [2.05, 4.69) is 4.74 Å². The van der Waals surface area contributed by atoms with Crippen molar-refractivity contribution in [2.24, 2.45) is 0 Å². The number of fused-ring (bicyclic) bond motifs is 1. The van der Waals surface area contributed by atoms with E-state index >= 15 is 0 Å². The average molecular weight is 264 g/mol. The molecule has 4 heteroatoms. The molecule has 2 nitrogen and oxygen atoms in total. The molecule has 2 rings (SSSR count). The molecule has 0 radical (unpaired) electrons. The van der Waals surface area contributed by atoms with Crippen LogP contribution in [0.2, 0.25) is 0 Å².